The van der Waals surface area contributed by atoms with Crippen molar-refractivity contribution in [1.29, 1.82) is 0 Å². The number of hydrogen-bond donors (Lipinski definition) is 1. The lowest BCUT2D eigenvalue weighted by molar-refractivity contribution is 0.140. The van der Waals surface area contributed by atoms with Crippen molar-refractivity contribution >= 4 is 15.7 Å². The van der Waals surface area contributed by atoms with Gasteiger partial charge in [-0.05, 0) is 43.9 Å². The third-order valence-corrected chi connectivity index (χ3v) is 8.95. The van der Waals surface area contributed by atoms with Crippen molar-refractivity contribution in [2.45, 2.75) is 49.4 Å². The van der Waals surface area contributed by atoms with Crippen molar-refractivity contribution in [2.75, 3.05) is 30.5 Å². The molecule has 138 valence electrons. The van der Waals surface area contributed by atoms with Gasteiger partial charge in [-0.2, -0.15) is 0 Å². The molecule has 6 heteroatoms. The Labute approximate surface area is 150 Å². The Balaban J connectivity index is 1.53. The van der Waals surface area contributed by atoms with Gasteiger partial charge in [0, 0.05) is 13.1 Å². The lowest BCUT2D eigenvalue weighted by atomic mass is 9.89. The summed E-state index contributed by atoms with van der Waals surface area (Å²) in [6.45, 7) is 2.39. The number of nitrogens with zero attached hydrogens (tertiary/aromatic N) is 2. The van der Waals surface area contributed by atoms with Crippen LogP contribution in [0.15, 0.2) is 30.3 Å². The smallest absolute Gasteiger partial charge is 0.244 e. The van der Waals surface area contributed by atoms with E-state index in [1.54, 1.807) is 12.1 Å². The van der Waals surface area contributed by atoms with Crippen LogP contribution >= 0.6 is 0 Å². The number of benzene rings is 1. The van der Waals surface area contributed by atoms with Gasteiger partial charge in [0.05, 0.1) is 18.3 Å². The maximum atomic E-state index is 13.3. The normalized spacial score (nSPS) is 33.3. The van der Waals surface area contributed by atoms with Crippen molar-refractivity contribution in [2.24, 2.45) is 5.92 Å². The first-order valence-electron chi connectivity index (χ1n) is 9.51. The van der Waals surface area contributed by atoms with Gasteiger partial charge >= 0.3 is 0 Å². The van der Waals surface area contributed by atoms with Gasteiger partial charge in [0.1, 0.15) is 4.75 Å². The third kappa shape index (κ3) is 2.88. The highest BCUT2D eigenvalue weighted by molar-refractivity contribution is 7.94. The van der Waals surface area contributed by atoms with Crippen LogP contribution in [0.25, 0.3) is 0 Å². The van der Waals surface area contributed by atoms with E-state index in [9.17, 15) is 13.5 Å². The topological polar surface area (TPSA) is 60.9 Å². The number of anilines is 1. The van der Waals surface area contributed by atoms with Gasteiger partial charge in [-0.25, -0.2) is 8.42 Å². The molecule has 2 aliphatic heterocycles. The van der Waals surface area contributed by atoms with Crippen LogP contribution in [0, 0.1) is 5.92 Å². The van der Waals surface area contributed by atoms with Crippen LogP contribution in [0.1, 0.15) is 38.5 Å². The maximum absolute atomic E-state index is 13.3. The lowest BCUT2D eigenvalue weighted by Gasteiger charge is -2.29. The van der Waals surface area contributed by atoms with E-state index in [0.717, 1.165) is 13.1 Å². The van der Waals surface area contributed by atoms with E-state index in [1.807, 2.05) is 18.2 Å². The van der Waals surface area contributed by atoms with Crippen molar-refractivity contribution in [3.63, 3.8) is 0 Å². The first-order valence-corrected chi connectivity index (χ1v) is 10.9. The highest BCUT2D eigenvalue weighted by Gasteiger charge is 2.61. The summed E-state index contributed by atoms with van der Waals surface area (Å²) in [7, 11) is -3.56. The van der Waals surface area contributed by atoms with Crippen LogP contribution < -0.4 is 4.31 Å². The van der Waals surface area contributed by atoms with Gasteiger partial charge in [-0.3, -0.25) is 4.31 Å². The molecule has 1 aromatic carbocycles. The summed E-state index contributed by atoms with van der Waals surface area (Å²) in [6.07, 6.45) is 6.16. The number of likely N-dealkylation sites (tertiary alicyclic amines) is 1. The minimum Gasteiger partial charge on any atom is -0.389 e. The Bertz CT molecular complexity index is 703. The first kappa shape index (κ1) is 17.3. The summed E-state index contributed by atoms with van der Waals surface area (Å²) < 4.78 is 27.0. The second-order valence-electron chi connectivity index (χ2n) is 7.94. The average molecular weight is 365 g/mol. The van der Waals surface area contributed by atoms with Gasteiger partial charge in [0.15, 0.2) is 0 Å². The molecule has 3 aliphatic rings. The minimum atomic E-state index is -3.56. The summed E-state index contributed by atoms with van der Waals surface area (Å²) in [6, 6.07) is 9.16. The van der Waals surface area contributed by atoms with Crippen LogP contribution in [-0.4, -0.2) is 55.5 Å². The highest BCUT2D eigenvalue weighted by Crippen LogP contribution is 2.43. The van der Waals surface area contributed by atoms with Crippen LogP contribution in [0.2, 0.25) is 0 Å². The van der Waals surface area contributed by atoms with Crippen LogP contribution in [0.3, 0.4) is 0 Å². The summed E-state index contributed by atoms with van der Waals surface area (Å²) in [5.41, 5.74) is 0.657. The first-order chi connectivity index (χ1) is 12.0. The number of aliphatic hydroxyl groups is 1. The highest BCUT2D eigenvalue weighted by atomic mass is 32.2. The number of hydrogen-bond acceptors (Lipinski definition) is 4. The van der Waals surface area contributed by atoms with E-state index >= 15 is 0 Å². The molecule has 1 aliphatic carbocycles. The zero-order chi connectivity index (χ0) is 17.5. The molecule has 0 radical (unpaired) electrons. The molecule has 1 spiro atoms. The predicted octanol–water partition coefficient (Wildman–Crippen LogP) is 2.22. The van der Waals surface area contributed by atoms with Gasteiger partial charge < -0.3 is 10.0 Å². The van der Waals surface area contributed by atoms with E-state index in [4.69, 9.17) is 0 Å². The number of para-hydroxylation sites is 1. The average Bonchev–Trinajstić information content (AvgIpc) is 3.13. The fraction of sp³-hybridized carbons (Fsp3) is 0.684. The quantitative estimate of drug-likeness (QED) is 0.893. The number of aliphatic hydroxyl groups excluding tert-OH is 1. The van der Waals surface area contributed by atoms with Gasteiger partial charge in [-0.15, -0.1) is 0 Å². The van der Waals surface area contributed by atoms with E-state index in [2.05, 4.69) is 4.90 Å². The van der Waals surface area contributed by atoms with Gasteiger partial charge in [0.25, 0.3) is 0 Å². The molecule has 0 bridgehead atoms. The third-order valence-electron chi connectivity index (χ3n) is 6.38. The second kappa shape index (κ2) is 6.56. The molecule has 1 N–H and O–H groups in total. The standard InChI is InChI=1S/C19H28N2O3S/c22-18-14-21(17-9-5-2-6-10-17)25(23,24)19(18)11-12-20(15-19)13-16-7-3-1-4-8-16/h2,5-6,9-10,16,18,22H,1,3-4,7-8,11-15H2/t18-,19+/m0/s1. The van der Waals surface area contributed by atoms with Gasteiger partial charge in [0.2, 0.25) is 10.0 Å². The molecular weight excluding hydrogens is 336 g/mol. The van der Waals surface area contributed by atoms with Crippen LogP contribution in [0.4, 0.5) is 5.69 Å². The zero-order valence-corrected chi connectivity index (χ0v) is 15.5. The SMILES string of the molecule is O=S1(=O)N(c2ccccc2)C[C@H](O)[C@]12CCN(CC1CCCCC1)C2. The summed E-state index contributed by atoms with van der Waals surface area (Å²) in [4.78, 5) is 2.28. The molecule has 3 fully saturated rings. The molecule has 5 nitrogen and oxygen atoms in total. The molecule has 2 saturated heterocycles. The molecule has 0 unspecified atom stereocenters. The zero-order valence-electron chi connectivity index (χ0n) is 14.7. The lowest BCUT2D eigenvalue weighted by Crippen LogP contribution is -2.48. The largest absolute Gasteiger partial charge is 0.389 e. The molecule has 25 heavy (non-hydrogen) atoms. The molecule has 0 aromatic heterocycles. The van der Waals surface area contributed by atoms with Gasteiger partial charge in [-0.1, -0.05) is 37.5 Å². The summed E-state index contributed by atoms with van der Waals surface area (Å²) in [5, 5.41) is 10.7. The monoisotopic (exact) mass is 364 g/mol. The van der Waals surface area contributed by atoms with Crippen molar-refractivity contribution < 1.29 is 13.5 Å². The van der Waals surface area contributed by atoms with E-state index in [1.165, 1.54) is 36.4 Å². The number of sulfonamides is 1. The molecule has 1 aromatic rings. The summed E-state index contributed by atoms with van der Waals surface area (Å²) in [5.74, 6) is 0.690. The Morgan fingerprint density at radius 1 is 1.12 bits per heavy atom. The molecular formula is C19H28N2O3S. The van der Waals surface area contributed by atoms with Crippen molar-refractivity contribution in [3.05, 3.63) is 30.3 Å². The fourth-order valence-electron chi connectivity index (χ4n) is 4.91. The molecule has 4 rings (SSSR count). The maximum Gasteiger partial charge on any atom is 0.244 e. The number of β-amino-alcohol motifs (C(OH)–C–C–N with tert-alkyl or cyclic N) is 1. The fourth-order valence-corrected chi connectivity index (χ4v) is 7.20. The van der Waals surface area contributed by atoms with E-state index in [-0.39, 0.29) is 6.54 Å². The number of rotatable bonds is 3. The second-order valence-corrected chi connectivity index (χ2v) is 10.1. The van der Waals surface area contributed by atoms with E-state index < -0.39 is 20.9 Å². The Morgan fingerprint density at radius 3 is 2.56 bits per heavy atom. The Morgan fingerprint density at radius 2 is 1.84 bits per heavy atom. The summed E-state index contributed by atoms with van der Waals surface area (Å²) >= 11 is 0. The van der Waals surface area contributed by atoms with Crippen LogP contribution in [-0.2, 0) is 10.0 Å². The molecule has 2 heterocycles. The predicted molar refractivity (Wildman–Crippen MR) is 99.1 cm³/mol. The molecule has 2 atom stereocenters. The Kier molecular flexibility index (Phi) is 4.54. The molecule has 1 saturated carbocycles. The van der Waals surface area contributed by atoms with Crippen LogP contribution in [0.5, 0.6) is 0 Å². The Hall–Kier alpha value is -1.11. The minimum absolute atomic E-state index is 0.170. The van der Waals surface area contributed by atoms with Crippen molar-refractivity contribution in [3.8, 4) is 0 Å². The van der Waals surface area contributed by atoms with E-state index in [0.29, 0.717) is 24.6 Å². The molecule has 0 amide bonds. The van der Waals surface area contributed by atoms with Crippen molar-refractivity contribution in [1.82, 2.24) is 4.90 Å².